The normalized spacial score (nSPS) is 8.00. The molecule has 0 saturated heterocycles. The zero-order valence-electron chi connectivity index (χ0n) is 3.54. The quantitative estimate of drug-likeness (QED) is 0.486. The second-order valence-electron chi connectivity index (χ2n) is 0.448. The van der Waals surface area contributed by atoms with Crippen molar-refractivity contribution in [1.82, 2.24) is 0 Å². The fraction of sp³-hybridized carbons (Fsp3) is 0. The van der Waals surface area contributed by atoms with E-state index in [9.17, 15) is 0 Å². The Morgan fingerprint density at radius 1 is 1.25 bits per heavy atom. The SMILES string of the molecule is O=S(=O)(O)O.[Cu].[S]=[Cd]. The maximum absolute atomic E-state index is 8.74. The van der Waals surface area contributed by atoms with E-state index in [0.29, 0.717) is 0 Å². The molecule has 0 atom stereocenters. The zero-order chi connectivity index (χ0) is 6.50. The molecule has 2 N–H and O–H groups in total. The molecule has 0 aliphatic heterocycles. The molecule has 0 aromatic rings. The van der Waals surface area contributed by atoms with Crippen LogP contribution in [0, 0.1) is 0 Å². The van der Waals surface area contributed by atoms with Crippen molar-refractivity contribution in [3.8, 4) is 0 Å². The maximum atomic E-state index is 8.74. The summed E-state index contributed by atoms with van der Waals surface area (Å²) >= 11 is 0.733. The Labute approximate surface area is 76.6 Å². The average Bonchev–Trinajstić information content (AvgIpc) is 1.36. The molecule has 0 aromatic carbocycles. The van der Waals surface area contributed by atoms with Gasteiger partial charge in [-0.15, -0.1) is 0 Å². The second kappa shape index (κ2) is 8.53. The van der Waals surface area contributed by atoms with Crippen LogP contribution in [-0.2, 0) is 51.2 Å². The summed E-state index contributed by atoms with van der Waals surface area (Å²) in [6.07, 6.45) is 0. The Hall–Kier alpha value is 1.53. The average molecular weight is 306 g/mol. The summed E-state index contributed by atoms with van der Waals surface area (Å²) in [7, 11) is -0.413. The number of hydrogen-bond acceptors (Lipinski definition) is 3. The molecular weight excluding hydrogens is 304 g/mol. The van der Waals surface area contributed by atoms with Crippen LogP contribution in [0.1, 0.15) is 0 Å². The van der Waals surface area contributed by atoms with Gasteiger partial charge in [0.1, 0.15) is 0 Å². The predicted octanol–water partition coefficient (Wildman–Crippen LogP) is -0.00960. The standard InChI is InChI=1S/Cd.Cu.H2O4S.S/c;;1-5(2,3)4;/h;;(H2,1,2,3,4);. The summed E-state index contributed by atoms with van der Waals surface area (Å²) in [5, 5.41) is 0. The Morgan fingerprint density at radius 2 is 1.25 bits per heavy atom. The van der Waals surface area contributed by atoms with Crippen molar-refractivity contribution in [2.24, 2.45) is 0 Å². The minimum atomic E-state index is -4.67. The van der Waals surface area contributed by atoms with Crippen LogP contribution < -0.4 is 0 Å². The van der Waals surface area contributed by atoms with Crippen LogP contribution >= 0.6 is 8.65 Å². The predicted molar refractivity (Wildman–Crippen MR) is 21.8 cm³/mol. The van der Waals surface area contributed by atoms with E-state index in [1.807, 2.05) is 0 Å². The molecule has 0 aliphatic carbocycles. The van der Waals surface area contributed by atoms with Gasteiger partial charge < -0.3 is 0 Å². The molecule has 0 saturated carbocycles. The van der Waals surface area contributed by atoms with E-state index in [0.717, 1.165) is 23.7 Å². The van der Waals surface area contributed by atoms with Crippen molar-refractivity contribution in [3.05, 3.63) is 0 Å². The van der Waals surface area contributed by atoms with Crippen molar-refractivity contribution >= 4 is 19.0 Å². The first-order valence-electron chi connectivity index (χ1n) is 0.987. The summed E-state index contributed by atoms with van der Waals surface area (Å²) in [6, 6.07) is 0. The van der Waals surface area contributed by atoms with Crippen LogP contribution in [0.3, 0.4) is 0 Å². The van der Waals surface area contributed by atoms with Gasteiger partial charge in [0.2, 0.25) is 0 Å². The van der Waals surface area contributed by atoms with E-state index in [2.05, 4.69) is 8.65 Å². The van der Waals surface area contributed by atoms with Crippen LogP contribution in [0.15, 0.2) is 0 Å². The molecule has 0 aliphatic rings. The molecule has 0 spiro atoms. The summed E-state index contributed by atoms with van der Waals surface area (Å²) in [5.41, 5.74) is 0. The molecule has 8 heteroatoms. The van der Waals surface area contributed by atoms with Gasteiger partial charge in [-0.25, -0.2) is 0 Å². The Morgan fingerprint density at radius 3 is 1.25 bits per heavy atom. The van der Waals surface area contributed by atoms with Gasteiger partial charge in [0, 0.05) is 17.1 Å². The Balaban J connectivity index is -0.0000000750. The molecule has 0 unspecified atom stereocenters. The number of hydrogen-bond donors (Lipinski definition) is 2. The van der Waals surface area contributed by atoms with Crippen LogP contribution in [0.25, 0.3) is 0 Å². The van der Waals surface area contributed by atoms with E-state index in [-0.39, 0.29) is 17.1 Å². The molecule has 0 amide bonds. The van der Waals surface area contributed by atoms with Crippen molar-refractivity contribution in [1.29, 1.82) is 0 Å². The van der Waals surface area contributed by atoms with Gasteiger partial charge in [0.25, 0.3) is 0 Å². The first kappa shape index (κ1) is 16.3. The monoisotopic (exact) mass is 307 g/mol. The third-order valence-corrected chi connectivity index (χ3v) is 0. The molecule has 0 rings (SSSR count). The van der Waals surface area contributed by atoms with Crippen LogP contribution in [0.4, 0.5) is 0 Å². The summed E-state index contributed by atoms with van der Waals surface area (Å²) in [5.74, 6) is 0. The molecule has 0 aromatic heterocycles. The van der Waals surface area contributed by atoms with Crippen LogP contribution in [0.2, 0.25) is 0 Å². The van der Waals surface area contributed by atoms with Gasteiger partial charge in [-0.2, -0.15) is 8.42 Å². The summed E-state index contributed by atoms with van der Waals surface area (Å²) in [4.78, 5) is 0. The summed E-state index contributed by atoms with van der Waals surface area (Å²) in [6.45, 7) is 0. The fourth-order valence-electron chi connectivity index (χ4n) is 0. The Kier molecular flexibility index (Phi) is 17.3. The molecule has 0 heterocycles. The van der Waals surface area contributed by atoms with Crippen molar-refractivity contribution in [2.75, 3.05) is 0 Å². The first-order valence-corrected chi connectivity index (χ1v) is 7.90. The van der Waals surface area contributed by atoms with Gasteiger partial charge >= 0.3 is 42.7 Å². The van der Waals surface area contributed by atoms with Crippen molar-refractivity contribution in [3.63, 3.8) is 0 Å². The number of rotatable bonds is 0. The van der Waals surface area contributed by atoms with Gasteiger partial charge in [-0.3, -0.25) is 9.11 Å². The minimum absolute atomic E-state index is 0. The van der Waals surface area contributed by atoms with Gasteiger partial charge in [0.05, 0.1) is 0 Å². The third-order valence-electron chi connectivity index (χ3n) is 0. The van der Waals surface area contributed by atoms with E-state index in [1.165, 1.54) is 0 Å². The van der Waals surface area contributed by atoms with Gasteiger partial charge in [-0.05, 0) is 0 Å². The fourth-order valence-corrected chi connectivity index (χ4v) is 0. The second-order valence-corrected chi connectivity index (χ2v) is 1.34. The van der Waals surface area contributed by atoms with Crippen LogP contribution in [0.5, 0.6) is 0 Å². The van der Waals surface area contributed by atoms with E-state index in [4.69, 9.17) is 17.5 Å². The van der Waals surface area contributed by atoms with E-state index < -0.39 is 10.4 Å². The van der Waals surface area contributed by atoms with Gasteiger partial charge in [0.15, 0.2) is 0 Å². The molecule has 0 fully saturated rings. The first-order chi connectivity index (χ1) is 3.00. The molecule has 4 nitrogen and oxygen atoms in total. The molecule has 1 radical (unpaired) electrons. The summed E-state index contributed by atoms with van der Waals surface area (Å²) < 4.78 is 31.6. The molecule has 8 heavy (non-hydrogen) atoms. The zero-order valence-corrected chi connectivity index (χ0v) is 10.1. The van der Waals surface area contributed by atoms with E-state index in [1.54, 1.807) is 0 Å². The van der Waals surface area contributed by atoms with Crippen LogP contribution in [-0.4, -0.2) is 17.5 Å². The molecule has 0 bridgehead atoms. The van der Waals surface area contributed by atoms with E-state index >= 15 is 0 Å². The Bertz CT molecular complexity index is 108. The van der Waals surface area contributed by atoms with Crippen molar-refractivity contribution < 1.29 is 58.3 Å². The molecular formula is H2CdCuO4S2. The topological polar surface area (TPSA) is 74.6 Å². The third kappa shape index (κ3) is 137. The molecule has 51 valence electrons. The van der Waals surface area contributed by atoms with Crippen molar-refractivity contribution in [2.45, 2.75) is 0 Å². The van der Waals surface area contributed by atoms with Gasteiger partial charge in [-0.1, -0.05) is 0 Å².